The van der Waals surface area contributed by atoms with Crippen molar-refractivity contribution in [2.45, 2.75) is 20.0 Å². The van der Waals surface area contributed by atoms with Crippen LogP contribution in [0.15, 0.2) is 28.8 Å². The molecule has 0 spiro atoms. The van der Waals surface area contributed by atoms with Gasteiger partial charge in [0.2, 0.25) is 5.91 Å². The predicted octanol–water partition coefficient (Wildman–Crippen LogP) is 3.00. The lowest BCUT2D eigenvalue weighted by atomic mass is 10.3. The second kappa shape index (κ2) is 8.14. The first kappa shape index (κ1) is 17.5. The Balaban J connectivity index is 1.86. The largest absolute Gasteiger partial charge is 0.497 e. The number of alkyl halides is 2. The van der Waals surface area contributed by atoms with Crippen molar-refractivity contribution in [3.05, 3.63) is 30.0 Å². The number of ether oxygens (including phenoxy) is 3. The zero-order chi connectivity index (χ0) is 17.5. The second-order valence-corrected chi connectivity index (χ2v) is 4.62. The molecule has 7 nitrogen and oxygen atoms in total. The normalized spacial score (nSPS) is 10.5. The number of amides is 1. The summed E-state index contributed by atoms with van der Waals surface area (Å²) in [5, 5.41) is 5.73. The number of hydrogen-bond donors (Lipinski definition) is 1. The first-order chi connectivity index (χ1) is 11.5. The van der Waals surface area contributed by atoms with Gasteiger partial charge in [-0.3, -0.25) is 4.79 Å². The number of rotatable bonds is 8. The highest BCUT2D eigenvalue weighted by molar-refractivity contribution is 5.92. The van der Waals surface area contributed by atoms with Crippen LogP contribution in [0.25, 0.3) is 0 Å². The quantitative estimate of drug-likeness (QED) is 0.794. The molecule has 0 saturated heterocycles. The highest BCUT2D eigenvalue weighted by Gasteiger charge is 2.19. The molecule has 1 heterocycles. The van der Waals surface area contributed by atoms with Gasteiger partial charge in [-0.15, -0.1) is 0 Å². The van der Waals surface area contributed by atoms with Crippen LogP contribution in [0.4, 0.5) is 14.5 Å². The van der Waals surface area contributed by atoms with Crippen LogP contribution in [0.3, 0.4) is 0 Å². The van der Waals surface area contributed by atoms with Crippen LogP contribution in [0, 0.1) is 6.92 Å². The van der Waals surface area contributed by atoms with E-state index in [0.29, 0.717) is 11.5 Å². The van der Waals surface area contributed by atoms with Gasteiger partial charge in [-0.1, -0.05) is 6.07 Å². The first-order valence-electron chi connectivity index (χ1n) is 6.97. The number of methoxy groups -OCH3 is 1. The molecule has 24 heavy (non-hydrogen) atoms. The Bertz CT molecular complexity index is 690. The number of carbonyl (C=O) groups is 1. The number of benzene rings is 1. The summed E-state index contributed by atoms with van der Waals surface area (Å²) in [6, 6.07) is 6.91. The third kappa shape index (κ3) is 4.83. The van der Waals surface area contributed by atoms with Crippen LogP contribution >= 0.6 is 0 Å². The summed E-state index contributed by atoms with van der Waals surface area (Å²) in [6.07, 6.45) is -0.00402. The van der Waals surface area contributed by atoms with Crippen LogP contribution in [0.2, 0.25) is 0 Å². The molecule has 1 amide bonds. The number of aromatic nitrogens is 1. The second-order valence-electron chi connectivity index (χ2n) is 4.62. The number of carbonyl (C=O) groups excluding carboxylic acids is 1. The highest BCUT2D eigenvalue weighted by Crippen LogP contribution is 2.28. The van der Waals surface area contributed by atoms with E-state index in [1.54, 1.807) is 24.3 Å². The van der Waals surface area contributed by atoms with Gasteiger partial charge >= 0.3 is 6.61 Å². The van der Waals surface area contributed by atoms with Crippen molar-refractivity contribution in [2.75, 3.05) is 19.0 Å². The van der Waals surface area contributed by atoms with Gasteiger partial charge in [0.25, 0.3) is 5.88 Å². The summed E-state index contributed by atoms with van der Waals surface area (Å²) in [7, 11) is 1.53. The lowest BCUT2D eigenvalue weighted by molar-refractivity contribution is -0.116. The maximum absolute atomic E-state index is 12.3. The molecule has 2 rings (SSSR count). The Kier molecular flexibility index (Phi) is 5.94. The van der Waals surface area contributed by atoms with E-state index < -0.39 is 18.4 Å². The average molecular weight is 342 g/mol. The standard InChI is InChI=1S/C15H16F2N2O5/c1-9-13(14(19-24-9)23-15(16)17)18-12(20)6-7-22-11-5-3-4-10(8-11)21-2/h3-5,8,15H,6-7H2,1-2H3,(H,18,20). The van der Waals surface area contributed by atoms with Gasteiger partial charge in [-0.05, 0) is 24.2 Å². The Morgan fingerprint density at radius 3 is 2.83 bits per heavy atom. The summed E-state index contributed by atoms with van der Waals surface area (Å²) in [6.45, 7) is -1.51. The van der Waals surface area contributed by atoms with Crippen LogP contribution < -0.4 is 19.5 Å². The van der Waals surface area contributed by atoms with E-state index >= 15 is 0 Å². The molecule has 0 saturated carbocycles. The maximum atomic E-state index is 12.3. The fourth-order valence-electron chi connectivity index (χ4n) is 1.81. The number of aryl methyl sites for hydroxylation is 1. The van der Waals surface area contributed by atoms with Crippen LogP contribution in [-0.4, -0.2) is 31.4 Å². The van der Waals surface area contributed by atoms with Gasteiger partial charge < -0.3 is 24.1 Å². The zero-order valence-corrected chi connectivity index (χ0v) is 13.0. The zero-order valence-electron chi connectivity index (χ0n) is 13.0. The van der Waals surface area contributed by atoms with Gasteiger partial charge in [0.15, 0.2) is 5.76 Å². The molecule has 2 aromatic rings. The average Bonchev–Trinajstić information content (AvgIpc) is 2.87. The van der Waals surface area contributed by atoms with Crippen molar-refractivity contribution in [3.8, 4) is 17.4 Å². The Labute approximate surface area is 136 Å². The van der Waals surface area contributed by atoms with E-state index in [9.17, 15) is 13.6 Å². The SMILES string of the molecule is COc1cccc(OCCC(=O)Nc2c(OC(F)F)noc2C)c1. The Hall–Kier alpha value is -2.84. The number of halogens is 2. The maximum Gasteiger partial charge on any atom is 0.388 e. The van der Waals surface area contributed by atoms with Crippen LogP contribution in [-0.2, 0) is 4.79 Å². The fourth-order valence-corrected chi connectivity index (χ4v) is 1.81. The van der Waals surface area contributed by atoms with E-state index in [1.165, 1.54) is 14.0 Å². The Morgan fingerprint density at radius 1 is 1.38 bits per heavy atom. The van der Waals surface area contributed by atoms with Gasteiger partial charge in [-0.25, -0.2) is 0 Å². The van der Waals surface area contributed by atoms with Crippen molar-refractivity contribution >= 4 is 11.6 Å². The lowest BCUT2D eigenvalue weighted by Crippen LogP contribution is -2.16. The summed E-state index contributed by atoms with van der Waals surface area (Å²) < 4.78 is 43.9. The summed E-state index contributed by atoms with van der Waals surface area (Å²) in [4.78, 5) is 11.9. The van der Waals surface area contributed by atoms with Crippen molar-refractivity contribution in [3.63, 3.8) is 0 Å². The summed E-state index contributed by atoms with van der Waals surface area (Å²) in [5.41, 5.74) is -0.0262. The van der Waals surface area contributed by atoms with Crippen molar-refractivity contribution in [1.82, 2.24) is 5.16 Å². The van der Waals surface area contributed by atoms with Gasteiger partial charge in [-0.2, -0.15) is 8.78 Å². The van der Waals surface area contributed by atoms with E-state index in [0.717, 1.165) is 0 Å². The van der Waals surface area contributed by atoms with Crippen molar-refractivity contribution < 1.29 is 32.3 Å². The molecule has 1 N–H and O–H groups in total. The molecule has 130 valence electrons. The number of nitrogens with zero attached hydrogens (tertiary/aromatic N) is 1. The molecular weight excluding hydrogens is 326 g/mol. The van der Waals surface area contributed by atoms with Gasteiger partial charge in [0, 0.05) is 6.07 Å². The first-order valence-corrected chi connectivity index (χ1v) is 6.97. The Morgan fingerprint density at radius 2 is 2.12 bits per heavy atom. The summed E-state index contributed by atoms with van der Waals surface area (Å²) in [5.74, 6) is 0.413. The highest BCUT2D eigenvalue weighted by atomic mass is 19.3. The van der Waals surface area contributed by atoms with Gasteiger partial charge in [0.05, 0.1) is 20.1 Å². The minimum absolute atomic E-state index is 0.00402. The van der Waals surface area contributed by atoms with E-state index in [4.69, 9.17) is 14.0 Å². The molecule has 0 bridgehead atoms. The van der Waals surface area contributed by atoms with Gasteiger partial charge in [0.1, 0.15) is 17.2 Å². The number of anilines is 1. The minimum Gasteiger partial charge on any atom is -0.497 e. The molecule has 0 aliphatic carbocycles. The molecule has 0 fully saturated rings. The van der Waals surface area contributed by atoms with Crippen LogP contribution in [0.1, 0.15) is 12.2 Å². The molecule has 1 aromatic heterocycles. The third-order valence-electron chi connectivity index (χ3n) is 2.94. The van der Waals surface area contributed by atoms with Crippen molar-refractivity contribution in [1.29, 1.82) is 0 Å². The minimum atomic E-state index is -3.07. The fraction of sp³-hybridized carbons (Fsp3) is 0.333. The molecule has 0 atom stereocenters. The molecule has 0 unspecified atom stereocenters. The third-order valence-corrected chi connectivity index (χ3v) is 2.94. The monoisotopic (exact) mass is 342 g/mol. The van der Waals surface area contributed by atoms with Crippen LogP contribution in [0.5, 0.6) is 17.4 Å². The predicted molar refractivity (Wildman–Crippen MR) is 79.6 cm³/mol. The van der Waals surface area contributed by atoms with E-state index in [2.05, 4.69) is 15.2 Å². The molecule has 1 aromatic carbocycles. The molecular formula is C15H16F2N2O5. The molecule has 0 aliphatic heterocycles. The number of hydrogen-bond acceptors (Lipinski definition) is 6. The molecule has 0 aliphatic rings. The topological polar surface area (TPSA) is 82.8 Å². The lowest BCUT2D eigenvalue weighted by Gasteiger charge is -2.08. The smallest absolute Gasteiger partial charge is 0.388 e. The summed E-state index contributed by atoms with van der Waals surface area (Å²) >= 11 is 0. The van der Waals surface area contributed by atoms with E-state index in [-0.39, 0.29) is 24.5 Å². The molecule has 9 heteroatoms. The van der Waals surface area contributed by atoms with Crippen molar-refractivity contribution in [2.24, 2.45) is 0 Å². The number of nitrogens with one attached hydrogen (secondary N) is 1. The van der Waals surface area contributed by atoms with E-state index in [1.807, 2.05) is 0 Å². The molecule has 0 radical (unpaired) electrons.